The molecule has 1 aliphatic rings. The standard InChI is InChI=1S/C10H16/c1-4-9-6-8(3)10(5-2)7-9/h4-5,8-10H,1-2,6-7H2,3H3. The molecule has 0 bridgehead atoms. The Morgan fingerprint density at radius 2 is 1.90 bits per heavy atom. The summed E-state index contributed by atoms with van der Waals surface area (Å²) >= 11 is 0. The highest BCUT2D eigenvalue weighted by molar-refractivity contribution is 4.96. The molecule has 0 radical (unpaired) electrons. The van der Waals surface area contributed by atoms with Crippen LogP contribution in [0.15, 0.2) is 25.3 Å². The van der Waals surface area contributed by atoms with Gasteiger partial charge in [0.15, 0.2) is 0 Å². The smallest absolute Gasteiger partial charge is 0.0205 e. The first kappa shape index (κ1) is 7.59. The van der Waals surface area contributed by atoms with E-state index in [0.29, 0.717) is 0 Å². The van der Waals surface area contributed by atoms with Gasteiger partial charge < -0.3 is 0 Å². The van der Waals surface area contributed by atoms with Crippen molar-refractivity contribution in [1.29, 1.82) is 0 Å². The van der Waals surface area contributed by atoms with Gasteiger partial charge in [0, 0.05) is 0 Å². The molecule has 0 amide bonds. The van der Waals surface area contributed by atoms with Crippen molar-refractivity contribution in [1.82, 2.24) is 0 Å². The van der Waals surface area contributed by atoms with Gasteiger partial charge in [0.2, 0.25) is 0 Å². The normalized spacial score (nSPS) is 39.5. The fourth-order valence-electron chi connectivity index (χ4n) is 1.85. The number of rotatable bonds is 2. The maximum absolute atomic E-state index is 3.83. The Hall–Kier alpha value is -0.520. The van der Waals surface area contributed by atoms with Crippen LogP contribution < -0.4 is 0 Å². The van der Waals surface area contributed by atoms with Crippen LogP contribution in [0.5, 0.6) is 0 Å². The summed E-state index contributed by atoms with van der Waals surface area (Å²) in [6.45, 7) is 9.94. The minimum atomic E-state index is 0.739. The lowest BCUT2D eigenvalue weighted by atomic mass is 9.99. The molecular weight excluding hydrogens is 120 g/mol. The Morgan fingerprint density at radius 1 is 1.20 bits per heavy atom. The third-order valence-electron chi connectivity index (χ3n) is 2.62. The quantitative estimate of drug-likeness (QED) is 0.512. The van der Waals surface area contributed by atoms with Gasteiger partial charge in [0.05, 0.1) is 0 Å². The van der Waals surface area contributed by atoms with E-state index in [2.05, 4.69) is 32.2 Å². The van der Waals surface area contributed by atoms with Crippen LogP contribution in [0, 0.1) is 17.8 Å². The number of hydrogen-bond acceptors (Lipinski definition) is 0. The molecule has 0 aromatic carbocycles. The lowest BCUT2D eigenvalue weighted by Crippen LogP contribution is -1.97. The van der Waals surface area contributed by atoms with Crippen LogP contribution in [0.25, 0.3) is 0 Å². The molecule has 56 valence electrons. The first-order valence-corrected chi connectivity index (χ1v) is 4.03. The Bertz CT molecular complexity index is 135. The number of allylic oxidation sites excluding steroid dienone is 2. The van der Waals surface area contributed by atoms with Gasteiger partial charge in [-0.1, -0.05) is 19.1 Å². The topological polar surface area (TPSA) is 0 Å². The molecule has 0 aromatic rings. The first-order chi connectivity index (χ1) is 4.77. The minimum absolute atomic E-state index is 0.739. The van der Waals surface area contributed by atoms with Crippen LogP contribution in [-0.2, 0) is 0 Å². The summed E-state index contributed by atoms with van der Waals surface area (Å²) in [6.07, 6.45) is 6.75. The molecule has 0 N–H and O–H groups in total. The van der Waals surface area contributed by atoms with Gasteiger partial charge in [-0.2, -0.15) is 0 Å². The molecule has 0 nitrogen and oxygen atoms in total. The molecule has 3 atom stereocenters. The molecular formula is C10H16. The predicted molar refractivity (Wildman–Crippen MR) is 45.8 cm³/mol. The lowest BCUT2D eigenvalue weighted by Gasteiger charge is -2.06. The summed E-state index contributed by atoms with van der Waals surface area (Å²) in [5, 5.41) is 0. The fourth-order valence-corrected chi connectivity index (χ4v) is 1.85. The van der Waals surface area contributed by atoms with Crippen LogP contribution in [0.2, 0.25) is 0 Å². The summed E-state index contributed by atoms with van der Waals surface area (Å²) < 4.78 is 0. The molecule has 0 heteroatoms. The number of hydrogen-bond donors (Lipinski definition) is 0. The highest BCUT2D eigenvalue weighted by Crippen LogP contribution is 2.36. The van der Waals surface area contributed by atoms with Crippen molar-refractivity contribution >= 4 is 0 Å². The van der Waals surface area contributed by atoms with Crippen LogP contribution in [0.4, 0.5) is 0 Å². The molecule has 1 saturated carbocycles. The summed E-state index contributed by atoms with van der Waals surface area (Å²) in [5.74, 6) is 2.31. The Labute approximate surface area is 63.6 Å². The minimum Gasteiger partial charge on any atom is -0.103 e. The first-order valence-electron chi connectivity index (χ1n) is 4.03. The van der Waals surface area contributed by atoms with Gasteiger partial charge in [-0.05, 0) is 30.6 Å². The summed E-state index contributed by atoms with van der Waals surface area (Å²) in [4.78, 5) is 0. The van der Waals surface area contributed by atoms with E-state index in [1.54, 1.807) is 0 Å². The van der Waals surface area contributed by atoms with Crippen molar-refractivity contribution in [3.63, 3.8) is 0 Å². The van der Waals surface area contributed by atoms with Gasteiger partial charge in [0.25, 0.3) is 0 Å². The molecule has 1 rings (SSSR count). The van der Waals surface area contributed by atoms with Crippen LogP contribution in [0.3, 0.4) is 0 Å². The van der Waals surface area contributed by atoms with Crippen LogP contribution >= 0.6 is 0 Å². The zero-order valence-electron chi connectivity index (χ0n) is 6.72. The van der Waals surface area contributed by atoms with E-state index >= 15 is 0 Å². The fraction of sp³-hybridized carbons (Fsp3) is 0.600. The molecule has 0 aliphatic heterocycles. The molecule has 0 saturated heterocycles. The zero-order chi connectivity index (χ0) is 7.56. The molecule has 0 heterocycles. The maximum Gasteiger partial charge on any atom is -0.0205 e. The maximum atomic E-state index is 3.83. The van der Waals surface area contributed by atoms with Crippen LogP contribution in [-0.4, -0.2) is 0 Å². The zero-order valence-corrected chi connectivity index (χ0v) is 6.72. The lowest BCUT2D eigenvalue weighted by molar-refractivity contribution is 0.504. The Balaban J connectivity index is 2.51. The molecule has 0 spiro atoms. The average molecular weight is 136 g/mol. The Kier molecular flexibility index (Phi) is 2.31. The highest BCUT2D eigenvalue weighted by Gasteiger charge is 2.26. The molecule has 10 heavy (non-hydrogen) atoms. The van der Waals surface area contributed by atoms with Crippen molar-refractivity contribution in [2.75, 3.05) is 0 Å². The second kappa shape index (κ2) is 3.05. The molecule has 1 aliphatic carbocycles. The van der Waals surface area contributed by atoms with Crippen molar-refractivity contribution in [3.05, 3.63) is 25.3 Å². The summed E-state index contributed by atoms with van der Waals surface area (Å²) in [5.41, 5.74) is 0. The van der Waals surface area contributed by atoms with Crippen molar-refractivity contribution in [3.8, 4) is 0 Å². The second-order valence-electron chi connectivity index (χ2n) is 3.34. The van der Waals surface area contributed by atoms with Gasteiger partial charge in [-0.15, -0.1) is 13.2 Å². The van der Waals surface area contributed by atoms with E-state index in [9.17, 15) is 0 Å². The third-order valence-corrected chi connectivity index (χ3v) is 2.62. The van der Waals surface area contributed by atoms with E-state index in [1.165, 1.54) is 12.8 Å². The van der Waals surface area contributed by atoms with Crippen molar-refractivity contribution in [2.24, 2.45) is 17.8 Å². The summed E-state index contributed by atoms with van der Waals surface area (Å²) in [7, 11) is 0. The third kappa shape index (κ3) is 1.31. The van der Waals surface area contributed by atoms with Gasteiger partial charge in [0.1, 0.15) is 0 Å². The Morgan fingerprint density at radius 3 is 2.20 bits per heavy atom. The van der Waals surface area contributed by atoms with Crippen molar-refractivity contribution in [2.45, 2.75) is 19.8 Å². The average Bonchev–Trinajstić information content (AvgIpc) is 2.30. The molecule has 3 unspecified atom stereocenters. The predicted octanol–water partition coefficient (Wildman–Crippen LogP) is 3.02. The van der Waals surface area contributed by atoms with Gasteiger partial charge in [-0.3, -0.25) is 0 Å². The molecule has 0 aromatic heterocycles. The van der Waals surface area contributed by atoms with Crippen molar-refractivity contribution < 1.29 is 0 Å². The van der Waals surface area contributed by atoms with Gasteiger partial charge >= 0.3 is 0 Å². The molecule has 1 fully saturated rings. The van der Waals surface area contributed by atoms with E-state index in [1.807, 2.05) is 0 Å². The van der Waals surface area contributed by atoms with E-state index in [4.69, 9.17) is 0 Å². The van der Waals surface area contributed by atoms with E-state index in [-0.39, 0.29) is 0 Å². The van der Waals surface area contributed by atoms with Crippen LogP contribution in [0.1, 0.15) is 19.8 Å². The summed E-state index contributed by atoms with van der Waals surface area (Å²) in [6, 6.07) is 0. The van der Waals surface area contributed by atoms with Gasteiger partial charge in [-0.25, -0.2) is 0 Å². The van der Waals surface area contributed by atoms with E-state index in [0.717, 1.165) is 17.8 Å². The largest absolute Gasteiger partial charge is 0.103 e. The highest BCUT2D eigenvalue weighted by atomic mass is 14.3. The second-order valence-corrected chi connectivity index (χ2v) is 3.34. The SMILES string of the molecule is C=CC1CC(C)C(C=C)C1. The monoisotopic (exact) mass is 136 g/mol. The van der Waals surface area contributed by atoms with E-state index < -0.39 is 0 Å².